The van der Waals surface area contributed by atoms with Crippen LogP contribution >= 0.6 is 0 Å². The summed E-state index contributed by atoms with van der Waals surface area (Å²) >= 11 is 0. The van der Waals surface area contributed by atoms with Gasteiger partial charge in [0.2, 0.25) is 0 Å². The van der Waals surface area contributed by atoms with Crippen LogP contribution in [-0.4, -0.2) is 82.3 Å². The van der Waals surface area contributed by atoms with Crippen LogP contribution in [0.3, 0.4) is 0 Å². The largest absolute Gasteiger partial charge is 0.545 e. The van der Waals surface area contributed by atoms with Crippen LogP contribution < -0.4 is 5.11 Å². The van der Waals surface area contributed by atoms with Gasteiger partial charge in [0.15, 0.2) is 12.4 Å². The van der Waals surface area contributed by atoms with E-state index in [9.17, 15) is 19.5 Å². The summed E-state index contributed by atoms with van der Waals surface area (Å²) in [5.41, 5.74) is 0. The number of nitrogens with zero attached hydrogens (tertiary/aromatic N) is 1. The molecule has 0 aliphatic heterocycles. The van der Waals surface area contributed by atoms with Crippen LogP contribution in [0.4, 0.5) is 0 Å². The first kappa shape index (κ1) is 74.2. The van der Waals surface area contributed by atoms with Crippen LogP contribution in [0.2, 0.25) is 0 Å². The SMILES string of the molecule is CC/C=C\C/C=C\C/C=C\C/C=C\CCCCC(=O)OC(COC(=O)CCCCCCCCCCCCCCCCCCCCCCCCCCCCCCCCCCCCCCC)COC(OCC[N+](C)(C)C)C(=O)[O-]. The van der Waals surface area contributed by atoms with Crippen molar-refractivity contribution in [3.05, 3.63) is 48.6 Å². The van der Waals surface area contributed by atoms with Crippen molar-refractivity contribution < 1.29 is 42.9 Å². The Hall–Kier alpha value is -2.75. The minimum absolute atomic E-state index is 0.140. The zero-order valence-electron chi connectivity index (χ0n) is 51.3. The molecular weight excluding hydrogens is 959 g/mol. The molecule has 77 heavy (non-hydrogen) atoms. The van der Waals surface area contributed by atoms with Crippen LogP contribution in [0.5, 0.6) is 0 Å². The number of aliphatic carboxylic acids is 1. The Balaban J connectivity index is 3.96. The molecule has 2 unspecified atom stereocenters. The number of hydrogen-bond acceptors (Lipinski definition) is 8. The zero-order valence-corrected chi connectivity index (χ0v) is 51.3. The lowest BCUT2D eigenvalue weighted by Crippen LogP contribution is -2.44. The Kier molecular flexibility index (Phi) is 57.3. The Morgan fingerprint density at radius 3 is 1.10 bits per heavy atom. The molecule has 0 heterocycles. The van der Waals surface area contributed by atoms with Crippen molar-refractivity contribution in [2.24, 2.45) is 0 Å². The second kappa shape index (κ2) is 59.4. The van der Waals surface area contributed by atoms with Crippen molar-refractivity contribution in [2.75, 3.05) is 47.5 Å². The number of rotatable bonds is 61. The van der Waals surface area contributed by atoms with E-state index < -0.39 is 24.3 Å². The highest BCUT2D eigenvalue weighted by atomic mass is 16.7. The summed E-state index contributed by atoms with van der Waals surface area (Å²) in [6.45, 7) is 4.62. The van der Waals surface area contributed by atoms with E-state index in [1.165, 1.54) is 218 Å². The van der Waals surface area contributed by atoms with Gasteiger partial charge in [0, 0.05) is 12.8 Å². The molecule has 450 valence electrons. The van der Waals surface area contributed by atoms with Gasteiger partial charge < -0.3 is 33.3 Å². The van der Waals surface area contributed by atoms with Crippen molar-refractivity contribution >= 4 is 17.9 Å². The van der Waals surface area contributed by atoms with E-state index in [0.29, 0.717) is 17.4 Å². The predicted octanol–water partition coefficient (Wildman–Crippen LogP) is 18.5. The van der Waals surface area contributed by atoms with E-state index in [1.54, 1.807) is 0 Å². The molecule has 0 rings (SSSR count). The Morgan fingerprint density at radius 1 is 0.403 bits per heavy atom. The molecule has 0 aromatic rings. The molecule has 0 aliphatic carbocycles. The Labute approximate surface area is 476 Å². The van der Waals surface area contributed by atoms with Crippen molar-refractivity contribution in [1.82, 2.24) is 0 Å². The van der Waals surface area contributed by atoms with Crippen LogP contribution in [-0.2, 0) is 33.3 Å². The smallest absolute Gasteiger partial charge is 0.306 e. The second-order valence-electron chi connectivity index (χ2n) is 23.4. The van der Waals surface area contributed by atoms with Gasteiger partial charge in [0.05, 0.1) is 40.3 Å². The summed E-state index contributed by atoms with van der Waals surface area (Å²) in [6.07, 6.45) is 72.3. The number of allylic oxidation sites excluding steroid dienone is 8. The van der Waals surface area contributed by atoms with Gasteiger partial charge in [0.1, 0.15) is 13.2 Å². The number of quaternary nitrogens is 1. The van der Waals surface area contributed by atoms with Gasteiger partial charge >= 0.3 is 11.9 Å². The third-order valence-electron chi connectivity index (χ3n) is 14.6. The standard InChI is InChI=1S/C68H125NO8/c1-6-8-10-12-14-16-18-20-22-23-24-25-26-27-28-29-30-31-32-33-34-35-36-37-38-39-40-41-42-43-45-46-48-50-52-54-56-58-65(70)75-62-64(63-76-68(67(72)73)74-61-60-69(3,4)5)77-66(71)59-57-55-53-51-49-47-44-21-19-17-15-13-11-9-7-2/h9,11,15,17,21,44,49,51,64,68H,6-8,10,12-14,16,18-20,22-43,45-48,50,52-63H2,1-5H3/b11-9-,17-15-,44-21-,51-49-. The van der Waals surface area contributed by atoms with E-state index in [4.69, 9.17) is 18.9 Å². The molecule has 0 radical (unpaired) electrons. The average Bonchev–Trinajstić information content (AvgIpc) is 3.40. The van der Waals surface area contributed by atoms with Gasteiger partial charge in [0.25, 0.3) is 0 Å². The number of ether oxygens (including phenoxy) is 4. The highest BCUT2D eigenvalue weighted by Gasteiger charge is 2.22. The molecule has 0 amide bonds. The lowest BCUT2D eigenvalue weighted by molar-refractivity contribution is -0.870. The van der Waals surface area contributed by atoms with Crippen molar-refractivity contribution in [1.29, 1.82) is 0 Å². The molecule has 0 aromatic carbocycles. The molecule has 2 atom stereocenters. The number of carboxylic acid groups (broad SMARTS) is 1. The van der Waals surface area contributed by atoms with E-state index in [2.05, 4.69) is 62.5 Å². The Bertz CT molecular complexity index is 1400. The van der Waals surface area contributed by atoms with Crippen molar-refractivity contribution in [2.45, 2.75) is 322 Å². The second-order valence-corrected chi connectivity index (χ2v) is 23.4. The van der Waals surface area contributed by atoms with Crippen LogP contribution in [0.15, 0.2) is 48.6 Å². The molecule has 0 bridgehead atoms. The number of unbranched alkanes of at least 4 members (excludes halogenated alkanes) is 38. The van der Waals surface area contributed by atoms with E-state index in [0.717, 1.165) is 57.8 Å². The summed E-state index contributed by atoms with van der Waals surface area (Å²) in [7, 11) is 5.91. The number of likely N-dealkylation sites (N-methyl/N-ethyl adjacent to an activating group) is 1. The maximum atomic E-state index is 12.8. The number of hydrogen-bond donors (Lipinski definition) is 0. The molecule has 0 aromatic heterocycles. The number of esters is 2. The molecule has 0 N–H and O–H groups in total. The lowest BCUT2D eigenvalue weighted by Gasteiger charge is -2.26. The summed E-state index contributed by atoms with van der Waals surface area (Å²) in [5.74, 6) is -2.33. The topological polar surface area (TPSA) is 111 Å². The number of carboxylic acids is 1. The monoisotopic (exact) mass is 1080 g/mol. The Morgan fingerprint density at radius 2 is 0.740 bits per heavy atom. The molecule has 0 saturated carbocycles. The highest BCUT2D eigenvalue weighted by molar-refractivity contribution is 5.70. The quantitative estimate of drug-likeness (QED) is 0.0195. The van der Waals surface area contributed by atoms with Crippen molar-refractivity contribution in [3.8, 4) is 0 Å². The minimum atomic E-state index is -1.63. The first-order chi connectivity index (χ1) is 37.6. The number of carbonyl (C=O) groups excluding carboxylic acids is 3. The maximum absolute atomic E-state index is 12.8. The van der Waals surface area contributed by atoms with E-state index in [-0.39, 0.29) is 38.6 Å². The fourth-order valence-electron chi connectivity index (χ4n) is 9.59. The van der Waals surface area contributed by atoms with E-state index >= 15 is 0 Å². The maximum Gasteiger partial charge on any atom is 0.306 e. The molecule has 9 nitrogen and oxygen atoms in total. The van der Waals surface area contributed by atoms with E-state index in [1.807, 2.05) is 21.1 Å². The number of carbonyl (C=O) groups is 3. The molecular formula is C68H125NO8. The van der Waals surface area contributed by atoms with Crippen LogP contribution in [0, 0.1) is 0 Å². The average molecular weight is 1080 g/mol. The fraction of sp³-hybridized carbons (Fsp3) is 0.838. The summed E-state index contributed by atoms with van der Waals surface area (Å²) in [5, 5.41) is 11.8. The molecule has 0 spiro atoms. The first-order valence-corrected chi connectivity index (χ1v) is 32.8. The minimum Gasteiger partial charge on any atom is -0.545 e. The highest BCUT2D eigenvalue weighted by Crippen LogP contribution is 2.18. The molecule has 0 aliphatic rings. The molecule has 0 saturated heterocycles. The molecule has 9 heteroatoms. The van der Waals surface area contributed by atoms with Crippen LogP contribution in [0.1, 0.15) is 309 Å². The van der Waals surface area contributed by atoms with Gasteiger partial charge in [-0.15, -0.1) is 0 Å². The normalized spacial score (nSPS) is 13.0. The fourth-order valence-corrected chi connectivity index (χ4v) is 9.59. The summed E-state index contributed by atoms with van der Waals surface area (Å²) < 4.78 is 22.6. The summed E-state index contributed by atoms with van der Waals surface area (Å²) in [4.78, 5) is 37.3. The third-order valence-corrected chi connectivity index (χ3v) is 14.6. The van der Waals surface area contributed by atoms with Gasteiger partial charge in [-0.3, -0.25) is 9.59 Å². The van der Waals surface area contributed by atoms with Gasteiger partial charge in [-0.25, -0.2) is 0 Å². The van der Waals surface area contributed by atoms with Crippen LogP contribution in [0.25, 0.3) is 0 Å². The van der Waals surface area contributed by atoms with Gasteiger partial charge in [-0.05, 0) is 51.4 Å². The zero-order chi connectivity index (χ0) is 56.2. The summed E-state index contributed by atoms with van der Waals surface area (Å²) in [6, 6.07) is 0. The molecule has 0 fully saturated rings. The predicted molar refractivity (Wildman–Crippen MR) is 325 cm³/mol. The third kappa shape index (κ3) is 60.7. The first-order valence-electron chi connectivity index (χ1n) is 32.8. The van der Waals surface area contributed by atoms with Gasteiger partial charge in [-0.1, -0.05) is 294 Å². The lowest BCUT2D eigenvalue weighted by atomic mass is 10.0. The van der Waals surface area contributed by atoms with Crippen molar-refractivity contribution in [3.63, 3.8) is 0 Å². The van der Waals surface area contributed by atoms with Gasteiger partial charge in [-0.2, -0.15) is 0 Å².